The van der Waals surface area contributed by atoms with Gasteiger partial charge in [0.1, 0.15) is 17.5 Å². The van der Waals surface area contributed by atoms with Crippen molar-refractivity contribution in [1.82, 2.24) is 25.3 Å². The first-order valence-electron chi connectivity index (χ1n) is 12.5. The zero-order chi connectivity index (χ0) is 25.5. The summed E-state index contributed by atoms with van der Waals surface area (Å²) in [6, 6.07) is 17.7. The van der Waals surface area contributed by atoms with Crippen molar-refractivity contribution in [3.05, 3.63) is 84.9 Å². The third-order valence-corrected chi connectivity index (χ3v) is 6.23. The highest BCUT2D eigenvalue weighted by Gasteiger charge is 2.17. The van der Waals surface area contributed by atoms with Gasteiger partial charge in [-0.15, -0.1) is 0 Å². The highest BCUT2D eigenvalue weighted by molar-refractivity contribution is 5.93. The lowest BCUT2D eigenvalue weighted by Crippen LogP contribution is -2.43. The quantitative estimate of drug-likeness (QED) is 0.339. The minimum Gasteiger partial charge on any atom is -0.354 e. The number of benzene rings is 1. The molecule has 1 aromatic carbocycles. The number of rotatable bonds is 8. The Kier molecular flexibility index (Phi) is 7.61. The maximum atomic E-state index is 13.1. The molecule has 0 spiro atoms. The van der Waals surface area contributed by atoms with Crippen LogP contribution in [-0.2, 0) is 11.2 Å². The minimum absolute atomic E-state index is 0.0531. The van der Waals surface area contributed by atoms with Crippen molar-refractivity contribution in [2.24, 2.45) is 5.92 Å². The van der Waals surface area contributed by atoms with E-state index in [9.17, 15) is 4.79 Å². The second-order valence-corrected chi connectivity index (χ2v) is 9.06. The van der Waals surface area contributed by atoms with Crippen molar-refractivity contribution in [2.45, 2.75) is 13.3 Å². The maximum Gasteiger partial charge on any atom is 0.227 e. The largest absolute Gasteiger partial charge is 0.354 e. The van der Waals surface area contributed by atoms with Crippen molar-refractivity contribution in [2.75, 3.05) is 41.7 Å². The number of carbonyl (C=O) groups excluding carboxylic acids is 1. The molecule has 9 nitrogen and oxygen atoms in total. The molecule has 0 aliphatic carbocycles. The van der Waals surface area contributed by atoms with Gasteiger partial charge < -0.3 is 20.9 Å². The lowest BCUT2D eigenvalue weighted by molar-refractivity contribution is -0.119. The van der Waals surface area contributed by atoms with E-state index in [2.05, 4.69) is 35.8 Å². The Morgan fingerprint density at radius 3 is 2.62 bits per heavy atom. The molecule has 1 unspecified atom stereocenters. The number of nitrogens with zero attached hydrogens (tertiary/aromatic N) is 5. The first kappa shape index (κ1) is 24.3. The van der Waals surface area contributed by atoms with E-state index in [-0.39, 0.29) is 11.8 Å². The molecule has 3 aromatic heterocycles. The van der Waals surface area contributed by atoms with Crippen LogP contribution in [0, 0.1) is 5.92 Å². The molecule has 1 fully saturated rings. The van der Waals surface area contributed by atoms with Crippen molar-refractivity contribution in [3.63, 3.8) is 0 Å². The zero-order valence-corrected chi connectivity index (χ0v) is 20.8. The Bertz CT molecular complexity index is 1330. The standard InChI is InChI=1S/C28H30N8O/c1-20(15-21-5-3-2-4-6-21)28(37)33-23-17-24(34-25(18-23)35-26-19-30-9-10-31-26)22-7-8-32-27(16-22)36-13-11-29-12-14-36/h2-10,16-20,29H,11-15H2,1H3,(H2,31,33,34,35,37). The van der Waals surface area contributed by atoms with Crippen LogP contribution in [0.15, 0.2) is 79.4 Å². The van der Waals surface area contributed by atoms with Crippen LogP contribution in [0.4, 0.5) is 23.1 Å². The normalized spacial score (nSPS) is 14.1. The lowest BCUT2D eigenvalue weighted by Gasteiger charge is -2.28. The Balaban J connectivity index is 1.42. The van der Waals surface area contributed by atoms with Crippen LogP contribution in [0.1, 0.15) is 12.5 Å². The number of nitrogens with one attached hydrogen (secondary N) is 3. The monoisotopic (exact) mass is 494 g/mol. The summed E-state index contributed by atoms with van der Waals surface area (Å²) in [6.45, 7) is 5.60. The van der Waals surface area contributed by atoms with Gasteiger partial charge >= 0.3 is 0 Å². The molecule has 4 aromatic rings. The number of hydrogen-bond donors (Lipinski definition) is 3. The van der Waals surface area contributed by atoms with Crippen LogP contribution in [0.5, 0.6) is 0 Å². The van der Waals surface area contributed by atoms with E-state index in [4.69, 9.17) is 4.98 Å². The summed E-state index contributed by atoms with van der Waals surface area (Å²) in [5.74, 6) is 1.79. The van der Waals surface area contributed by atoms with Gasteiger partial charge in [-0.25, -0.2) is 15.0 Å². The van der Waals surface area contributed by atoms with Gasteiger partial charge in [0.05, 0.1) is 11.9 Å². The summed E-state index contributed by atoms with van der Waals surface area (Å²) in [7, 11) is 0. The van der Waals surface area contributed by atoms with Gasteiger partial charge in [-0.05, 0) is 30.2 Å². The smallest absolute Gasteiger partial charge is 0.227 e. The number of piperazine rings is 1. The molecule has 1 aliphatic heterocycles. The highest BCUT2D eigenvalue weighted by Crippen LogP contribution is 2.28. The number of anilines is 4. The van der Waals surface area contributed by atoms with Crippen LogP contribution in [0.2, 0.25) is 0 Å². The van der Waals surface area contributed by atoms with Gasteiger partial charge in [-0.2, -0.15) is 0 Å². The summed E-state index contributed by atoms with van der Waals surface area (Å²) in [5, 5.41) is 9.66. The first-order chi connectivity index (χ1) is 18.1. The van der Waals surface area contributed by atoms with Gasteiger partial charge in [0.25, 0.3) is 0 Å². The highest BCUT2D eigenvalue weighted by atomic mass is 16.1. The Morgan fingerprint density at radius 1 is 1.00 bits per heavy atom. The molecule has 1 saturated heterocycles. The third kappa shape index (κ3) is 6.45. The molecular formula is C28H30N8O. The summed E-state index contributed by atoms with van der Waals surface area (Å²) in [5.41, 5.74) is 3.42. The summed E-state index contributed by atoms with van der Waals surface area (Å²) in [4.78, 5) is 33.2. The lowest BCUT2D eigenvalue weighted by atomic mass is 10.0. The van der Waals surface area contributed by atoms with Crippen LogP contribution >= 0.6 is 0 Å². The molecule has 9 heteroatoms. The number of aromatic nitrogens is 4. The van der Waals surface area contributed by atoms with Gasteiger partial charge in [-0.3, -0.25) is 9.78 Å². The summed E-state index contributed by atoms with van der Waals surface area (Å²) < 4.78 is 0. The third-order valence-electron chi connectivity index (χ3n) is 6.23. The molecular weight excluding hydrogens is 464 g/mol. The summed E-state index contributed by atoms with van der Waals surface area (Å²) >= 11 is 0. The van der Waals surface area contributed by atoms with E-state index >= 15 is 0 Å². The summed E-state index contributed by atoms with van der Waals surface area (Å²) in [6.07, 6.45) is 7.32. The fraction of sp³-hybridized carbons (Fsp3) is 0.250. The predicted octanol–water partition coefficient (Wildman–Crippen LogP) is 3.90. The average Bonchev–Trinajstić information content (AvgIpc) is 2.94. The fourth-order valence-corrected chi connectivity index (χ4v) is 4.28. The topological polar surface area (TPSA) is 108 Å². The first-order valence-corrected chi connectivity index (χ1v) is 12.5. The van der Waals surface area contributed by atoms with E-state index in [1.807, 2.05) is 61.5 Å². The number of pyridine rings is 2. The predicted molar refractivity (Wildman–Crippen MR) is 146 cm³/mol. The van der Waals surface area contributed by atoms with Gasteiger partial charge in [0.2, 0.25) is 5.91 Å². The molecule has 188 valence electrons. The van der Waals surface area contributed by atoms with E-state index in [0.717, 1.165) is 48.8 Å². The number of hydrogen-bond acceptors (Lipinski definition) is 8. The maximum absolute atomic E-state index is 13.1. The molecule has 5 rings (SSSR count). The van der Waals surface area contributed by atoms with Crippen LogP contribution in [-0.4, -0.2) is 52.0 Å². The molecule has 1 amide bonds. The minimum atomic E-state index is -0.198. The van der Waals surface area contributed by atoms with Gasteiger partial charge in [0.15, 0.2) is 0 Å². The van der Waals surface area contributed by atoms with Crippen LogP contribution in [0.3, 0.4) is 0 Å². The van der Waals surface area contributed by atoms with E-state index in [1.165, 1.54) is 0 Å². The molecule has 1 aliphatic rings. The second-order valence-electron chi connectivity index (χ2n) is 9.06. The van der Waals surface area contributed by atoms with Crippen molar-refractivity contribution >= 4 is 29.0 Å². The van der Waals surface area contributed by atoms with E-state index in [0.29, 0.717) is 23.7 Å². The average molecular weight is 495 g/mol. The number of carbonyl (C=O) groups is 1. The van der Waals surface area contributed by atoms with E-state index in [1.54, 1.807) is 24.8 Å². The molecule has 0 radical (unpaired) electrons. The Morgan fingerprint density at radius 2 is 1.84 bits per heavy atom. The Labute approximate surface area is 216 Å². The molecule has 0 bridgehead atoms. The van der Waals surface area contributed by atoms with Crippen molar-refractivity contribution in [1.29, 1.82) is 0 Å². The second kappa shape index (κ2) is 11.6. The zero-order valence-electron chi connectivity index (χ0n) is 20.8. The SMILES string of the molecule is CC(Cc1ccccc1)C(=O)Nc1cc(Nc2cnccn2)nc(-c2ccnc(N3CCNCC3)c2)c1. The molecule has 4 heterocycles. The van der Waals surface area contributed by atoms with Crippen molar-refractivity contribution < 1.29 is 4.79 Å². The van der Waals surface area contributed by atoms with E-state index < -0.39 is 0 Å². The molecule has 0 saturated carbocycles. The van der Waals surface area contributed by atoms with Crippen LogP contribution in [0.25, 0.3) is 11.3 Å². The van der Waals surface area contributed by atoms with Gasteiger partial charge in [0, 0.05) is 68.0 Å². The van der Waals surface area contributed by atoms with Crippen molar-refractivity contribution in [3.8, 4) is 11.3 Å². The molecule has 1 atom stereocenters. The Hall–Kier alpha value is -4.37. The fourth-order valence-electron chi connectivity index (χ4n) is 4.28. The van der Waals surface area contributed by atoms with Gasteiger partial charge in [-0.1, -0.05) is 37.3 Å². The van der Waals surface area contributed by atoms with Crippen LogP contribution < -0.4 is 20.9 Å². The molecule has 3 N–H and O–H groups in total. The number of amides is 1. The molecule has 37 heavy (non-hydrogen) atoms.